The molecule has 0 radical (unpaired) electrons. The molecular weight excluding hydrogens is 332 g/mol. The summed E-state index contributed by atoms with van der Waals surface area (Å²) in [5.74, 6) is 0. The zero-order chi connectivity index (χ0) is 18.2. The van der Waals surface area contributed by atoms with Crippen molar-refractivity contribution in [2.45, 2.75) is 38.1 Å². The van der Waals surface area contributed by atoms with Gasteiger partial charge in [0.25, 0.3) is 0 Å². The second kappa shape index (κ2) is 6.66. The monoisotopic (exact) mass is 354 g/mol. The van der Waals surface area contributed by atoms with Crippen LogP contribution >= 0.6 is 0 Å². The topological polar surface area (TPSA) is 34.9 Å². The number of rotatable bonds is 2. The second-order valence-corrected chi connectivity index (χ2v) is 7.47. The molecular formula is C24H22N2O. The van der Waals surface area contributed by atoms with Crippen LogP contribution in [0.4, 0.5) is 0 Å². The van der Waals surface area contributed by atoms with Crippen LogP contribution in [0.15, 0.2) is 71.5 Å². The number of nitrogens with zero attached hydrogens (tertiary/aromatic N) is 2. The van der Waals surface area contributed by atoms with Crippen molar-refractivity contribution >= 4 is 21.9 Å². The van der Waals surface area contributed by atoms with Crippen molar-refractivity contribution in [1.29, 1.82) is 0 Å². The highest BCUT2D eigenvalue weighted by Crippen LogP contribution is 2.34. The summed E-state index contributed by atoms with van der Waals surface area (Å²) < 4.78 is 2.34. The van der Waals surface area contributed by atoms with Crippen molar-refractivity contribution < 1.29 is 0 Å². The highest BCUT2D eigenvalue weighted by molar-refractivity contribution is 5.92. The molecule has 3 nitrogen and oxygen atoms in total. The lowest BCUT2D eigenvalue weighted by Crippen LogP contribution is -2.20. The van der Waals surface area contributed by atoms with Crippen molar-refractivity contribution in [2.75, 3.05) is 0 Å². The molecule has 0 atom stereocenters. The Bertz CT molecular complexity index is 1170. The maximum Gasteiger partial charge on any atom is 0.191 e. The van der Waals surface area contributed by atoms with Crippen LogP contribution in [-0.4, -0.2) is 9.55 Å². The molecule has 1 saturated carbocycles. The maximum absolute atomic E-state index is 13.0. The molecule has 3 heteroatoms. The first kappa shape index (κ1) is 16.2. The molecule has 2 aromatic heterocycles. The average molecular weight is 354 g/mol. The fourth-order valence-corrected chi connectivity index (χ4v) is 4.40. The molecule has 5 rings (SSSR count). The maximum atomic E-state index is 13.0. The van der Waals surface area contributed by atoms with Crippen LogP contribution in [-0.2, 0) is 0 Å². The van der Waals surface area contributed by atoms with Gasteiger partial charge in [0, 0.05) is 17.5 Å². The molecule has 0 aliphatic heterocycles. The molecule has 27 heavy (non-hydrogen) atoms. The van der Waals surface area contributed by atoms with E-state index in [0.29, 0.717) is 6.04 Å². The minimum atomic E-state index is 0.0502. The molecule has 2 heterocycles. The normalized spacial score (nSPS) is 15.4. The van der Waals surface area contributed by atoms with Gasteiger partial charge in [-0.3, -0.25) is 4.79 Å². The first-order valence-corrected chi connectivity index (χ1v) is 9.82. The van der Waals surface area contributed by atoms with E-state index in [1.54, 1.807) is 0 Å². The molecule has 1 aliphatic rings. The van der Waals surface area contributed by atoms with E-state index in [-0.39, 0.29) is 5.43 Å². The fourth-order valence-electron chi connectivity index (χ4n) is 4.40. The van der Waals surface area contributed by atoms with Crippen molar-refractivity contribution in [3.05, 3.63) is 77.0 Å². The number of hydrogen-bond acceptors (Lipinski definition) is 2. The Morgan fingerprint density at radius 3 is 2.41 bits per heavy atom. The summed E-state index contributed by atoms with van der Waals surface area (Å²) in [6.07, 6.45) is 6.06. The summed E-state index contributed by atoms with van der Waals surface area (Å²) in [6.45, 7) is 0. The molecule has 2 aromatic carbocycles. The lowest BCUT2D eigenvalue weighted by Gasteiger charge is -2.28. The van der Waals surface area contributed by atoms with Gasteiger partial charge in [0.05, 0.1) is 16.6 Å². The standard InChI is InChI=1S/C24H22N2O/c27-23-16-22(17-9-3-1-4-10-17)26(19-12-5-2-6-13-19)24-20(23)15-18-11-7-8-14-21(18)25-24/h1,3-4,7-11,14-16,19H,2,5-6,12-13H2. The van der Waals surface area contributed by atoms with Crippen molar-refractivity contribution in [3.63, 3.8) is 0 Å². The van der Waals surface area contributed by atoms with Crippen LogP contribution in [0.1, 0.15) is 38.1 Å². The van der Waals surface area contributed by atoms with Gasteiger partial charge in [0.2, 0.25) is 0 Å². The van der Waals surface area contributed by atoms with Gasteiger partial charge in [-0.15, -0.1) is 0 Å². The van der Waals surface area contributed by atoms with Crippen LogP contribution < -0.4 is 5.43 Å². The Labute approximate surface area is 158 Å². The molecule has 0 N–H and O–H groups in total. The molecule has 0 unspecified atom stereocenters. The largest absolute Gasteiger partial charge is 0.322 e. The molecule has 0 amide bonds. The second-order valence-electron chi connectivity index (χ2n) is 7.47. The minimum Gasteiger partial charge on any atom is -0.322 e. The van der Waals surface area contributed by atoms with Gasteiger partial charge in [-0.2, -0.15) is 0 Å². The lowest BCUT2D eigenvalue weighted by molar-refractivity contribution is 0.361. The zero-order valence-corrected chi connectivity index (χ0v) is 15.3. The Kier molecular flexibility index (Phi) is 4.01. The zero-order valence-electron chi connectivity index (χ0n) is 15.3. The molecule has 4 aromatic rings. The molecule has 0 spiro atoms. The highest BCUT2D eigenvalue weighted by Gasteiger charge is 2.22. The summed E-state index contributed by atoms with van der Waals surface area (Å²) in [4.78, 5) is 18.0. The third kappa shape index (κ3) is 2.84. The predicted octanol–water partition coefficient (Wildman–Crippen LogP) is 5.72. The van der Waals surface area contributed by atoms with Crippen LogP contribution in [0.3, 0.4) is 0 Å². The number of benzene rings is 2. The van der Waals surface area contributed by atoms with Gasteiger partial charge >= 0.3 is 0 Å². The van der Waals surface area contributed by atoms with Gasteiger partial charge in [0.1, 0.15) is 5.65 Å². The minimum absolute atomic E-state index is 0.0502. The Balaban J connectivity index is 1.88. The Hall–Kier alpha value is -2.94. The first-order valence-electron chi connectivity index (χ1n) is 9.82. The van der Waals surface area contributed by atoms with Crippen LogP contribution in [0.2, 0.25) is 0 Å². The molecule has 0 saturated heterocycles. The summed E-state index contributed by atoms with van der Waals surface area (Å²) in [7, 11) is 0. The average Bonchev–Trinajstić information content (AvgIpc) is 2.74. The number of fused-ring (bicyclic) bond motifs is 2. The molecule has 134 valence electrons. The van der Waals surface area contributed by atoms with Gasteiger partial charge in [-0.25, -0.2) is 4.98 Å². The summed E-state index contributed by atoms with van der Waals surface area (Å²) >= 11 is 0. The van der Waals surface area contributed by atoms with Crippen LogP contribution in [0, 0.1) is 0 Å². The van der Waals surface area contributed by atoms with E-state index < -0.39 is 0 Å². The van der Waals surface area contributed by atoms with E-state index in [9.17, 15) is 4.79 Å². The van der Waals surface area contributed by atoms with Crippen LogP contribution in [0.25, 0.3) is 33.2 Å². The van der Waals surface area contributed by atoms with E-state index in [2.05, 4.69) is 16.7 Å². The van der Waals surface area contributed by atoms with E-state index in [4.69, 9.17) is 4.98 Å². The molecule has 1 fully saturated rings. The molecule has 1 aliphatic carbocycles. The summed E-state index contributed by atoms with van der Waals surface area (Å²) in [6, 6.07) is 22.5. The quantitative estimate of drug-likeness (QED) is 0.431. The first-order chi connectivity index (χ1) is 13.3. The van der Waals surface area contributed by atoms with Gasteiger partial charge in [-0.1, -0.05) is 67.8 Å². The highest BCUT2D eigenvalue weighted by atomic mass is 16.1. The third-order valence-electron chi connectivity index (χ3n) is 5.73. The third-order valence-corrected chi connectivity index (χ3v) is 5.73. The summed E-state index contributed by atoms with van der Waals surface area (Å²) in [5.41, 5.74) is 3.89. The Morgan fingerprint density at radius 2 is 1.59 bits per heavy atom. The SMILES string of the molecule is O=c1cc(-c2ccccc2)n(C2CCCCC2)c2nc3ccccc3cc12. The number of hydrogen-bond donors (Lipinski definition) is 0. The van der Waals surface area contributed by atoms with Gasteiger partial charge < -0.3 is 4.57 Å². The van der Waals surface area contributed by atoms with Gasteiger partial charge in [-0.05, 0) is 30.5 Å². The number of para-hydroxylation sites is 1. The molecule has 0 bridgehead atoms. The number of aromatic nitrogens is 2. The van der Waals surface area contributed by atoms with Crippen molar-refractivity contribution in [1.82, 2.24) is 9.55 Å². The smallest absolute Gasteiger partial charge is 0.191 e. The Morgan fingerprint density at radius 1 is 0.852 bits per heavy atom. The predicted molar refractivity (Wildman–Crippen MR) is 111 cm³/mol. The van der Waals surface area contributed by atoms with Gasteiger partial charge in [0.15, 0.2) is 5.43 Å². The van der Waals surface area contributed by atoms with Crippen molar-refractivity contribution in [3.8, 4) is 11.3 Å². The van der Waals surface area contributed by atoms with Crippen LogP contribution in [0.5, 0.6) is 0 Å². The number of pyridine rings is 2. The summed E-state index contributed by atoms with van der Waals surface area (Å²) in [5, 5.41) is 1.74. The lowest BCUT2D eigenvalue weighted by atomic mass is 9.94. The van der Waals surface area contributed by atoms with E-state index in [0.717, 1.165) is 46.0 Å². The fraction of sp³-hybridized carbons (Fsp3) is 0.250. The van der Waals surface area contributed by atoms with Crippen molar-refractivity contribution in [2.24, 2.45) is 0 Å². The van der Waals surface area contributed by atoms with E-state index in [1.807, 2.05) is 54.6 Å². The van der Waals surface area contributed by atoms with E-state index in [1.165, 1.54) is 19.3 Å². The van der Waals surface area contributed by atoms with E-state index >= 15 is 0 Å².